The minimum atomic E-state index is -0.781. The van der Waals surface area contributed by atoms with Crippen LogP contribution in [0.15, 0.2) is 18.2 Å². The van der Waals surface area contributed by atoms with Gasteiger partial charge in [-0.1, -0.05) is 13.0 Å². The predicted octanol–water partition coefficient (Wildman–Crippen LogP) is 3.96. The van der Waals surface area contributed by atoms with E-state index in [1.807, 2.05) is 6.92 Å². The van der Waals surface area contributed by atoms with Crippen LogP contribution >= 0.6 is 0 Å². The smallest absolute Gasteiger partial charge is 0.159 e. The first-order chi connectivity index (χ1) is 10.1. The van der Waals surface area contributed by atoms with Crippen LogP contribution < -0.4 is 5.32 Å². The molecular formula is C17H23F2NO. The fourth-order valence-electron chi connectivity index (χ4n) is 3.75. The lowest BCUT2D eigenvalue weighted by Gasteiger charge is -2.49. The van der Waals surface area contributed by atoms with E-state index in [0.717, 1.165) is 44.4 Å². The van der Waals surface area contributed by atoms with E-state index in [0.29, 0.717) is 5.92 Å². The summed E-state index contributed by atoms with van der Waals surface area (Å²) in [6.07, 6.45) is 5.51. The summed E-state index contributed by atoms with van der Waals surface area (Å²) in [6.45, 7) is 3.63. The maximum atomic E-state index is 13.5. The number of halogens is 2. The minimum absolute atomic E-state index is 0.0646. The molecule has 0 bridgehead atoms. The summed E-state index contributed by atoms with van der Waals surface area (Å²) in [6, 6.07) is 4.35. The zero-order valence-electron chi connectivity index (χ0n) is 12.5. The summed E-state index contributed by atoms with van der Waals surface area (Å²) >= 11 is 0. The van der Waals surface area contributed by atoms with E-state index in [1.54, 1.807) is 6.07 Å². The second-order valence-corrected chi connectivity index (χ2v) is 6.35. The molecule has 1 saturated carbocycles. The molecule has 2 atom stereocenters. The van der Waals surface area contributed by atoms with Gasteiger partial charge >= 0.3 is 0 Å². The third kappa shape index (κ3) is 2.97. The average molecular weight is 295 g/mol. The largest absolute Gasteiger partial charge is 0.375 e. The van der Waals surface area contributed by atoms with E-state index < -0.39 is 11.6 Å². The third-order valence-corrected chi connectivity index (χ3v) is 4.99. The standard InChI is InChI=1S/C17H23F2NO/c1-2-20-16(12-4-5-14(18)15(19)10-12)13-6-9-21-17(11-13)7-3-8-17/h4-5,10,13,16,20H,2-3,6-9,11H2,1H3. The Morgan fingerprint density at radius 3 is 2.76 bits per heavy atom. The number of benzene rings is 1. The van der Waals surface area contributed by atoms with Crippen LogP contribution in [0.25, 0.3) is 0 Å². The second kappa shape index (κ2) is 6.01. The summed E-state index contributed by atoms with van der Waals surface area (Å²) < 4.78 is 32.7. The topological polar surface area (TPSA) is 21.3 Å². The number of hydrogen-bond donors (Lipinski definition) is 1. The number of hydrogen-bond acceptors (Lipinski definition) is 2. The van der Waals surface area contributed by atoms with Gasteiger partial charge in [0.2, 0.25) is 0 Å². The van der Waals surface area contributed by atoms with E-state index in [-0.39, 0.29) is 11.6 Å². The molecule has 0 aromatic heterocycles. The Hall–Kier alpha value is -1.00. The van der Waals surface area contributed by atoms with Crippen molar-refractivity contribution in [3.63, 3.8) is 0 Å². The van der Waals surface area contributed by atoms with Gasteiger partial charge in [0.1, 0.15) is 0 Å². The van der Waals surface area contributed by atoms with Gasteiger partial charge in [-0.2, -0.15) is 0 Å². The molecule has 0 amide bonds. The summed E-state index contributed by atoms with van der Waals surface area (Å²) in [5.74, 6) is -1.12. The normalized spacial score (nSPS) is 25.6. The van der Waals surface area contributed by atoms with Gasteiger partial charge in [-0.25, -0.2) is 8.78 Å². The Morgan fingerprint density at radius 1 is 1.33 bits per heavy atom. The maximum absolute atomic E-state index is 13.5. The van der Waals surface area contributed by atoms with E-state index in [2.05, 4.69) is 5.32 Å². The molecule has 4 heteroatoms. The van der Waals surface area contributed by atoms with Crippen molar-refractivity contribution in [2.45, 2.75) is 50.7 Å². The number of rotatable bonds is 4. The SMILES string of the molecule is CCNC(c1ccc(F)c(F)c1)C1CCOC2(CCC2)C1. The van der Waals surface area contributed by atoms with E-state index in [9.17, 15) is 8.78 Å². The van der Waals surface area contributed by atoms with Crippen LogP contribution in [0.2, 0.25) is 0 Å². The van der Waals surface area contributed by atoms with Gasteiger partial charge in [0, 0.05) is 12.6 Å². The Kier molecular flexibility index (Phi) is 4.27. The highest BCUT2D eigenvalue weighted by Crippen LogP contribution is 2.47. The maximum Gasteiger partial charge on any atom is 0.159 e. The molecule has 0 radical (unpaired) electrons. The van der Waals surface area contributed by atoms with Crippen LogP contribution in [0, 0.1) is 17.6 Å². The van der Waals surface area contributed by atoms with Gasteiger partial charge in [0.05, 0.1) is 5.60 Å². The van der Waals surface area contributed by atoms with Crippen molar-refractivity contribution in [3.8, 4) is 0 Å². The van der Waals surface area contributed by atoms with Crippen LogP contribution in [0.3, 0.4) is 0 Å². The van der Waals surface area contributed by atoms with Crippen LogP contribution in [0.1, 0.15) is 50.6 Å². The Bertz CT molecular complexity index is 502. The highest BCUT2D eigenvalue weighted by atomic mass is 19.2. The van der Waals surface area contributed by atoms with Crippen molar-refractivity contribution in [2.24, 2.45) is 5.92 Å². The molecule has 1 N–H and O–H groups in total. The van der Waals surface area contributed by atoms with Crippen molar-refractivity contribution < 1.29 is 13.5 Å². The van der Waals surface area contributed by atoms with Gasteiger partial charge < -0.3 is 10.1 Å². The summed E-state index contributed by atoms with van der Waals surface area (Å²) in [5.41, 5.74) is 0.909. The van der Waals surface area contributed by atoms with Crippen molar-refractivity contribution >= 4 is 0 Å². The molecule has 1 aliphatic carbocycles. The molecule has 1 saturated heterocycles. The van der Waals surface area contributed by atoms with Crippen LogP contribution in [0.4, 0.5) is 8.78 Å². The minimum Gasteiger partial charge on any atom is -0.375 e. The van der Waals surface area contributed by atoms with Crippen molar-refractivity contribution in [1.82, 2.24) is 5.32 Å². The van der Waals surface area contributed by atoms with E-state index >= 15 is 0 Å². The Morgan fingerprint density at radius 2 is 2.14 bits per heavy atom. The van der Waals surface area contributed by atoms with Gasteiger partial charge in [-0.15, -0.1) is 0 Å². The van der Waals surface area contributed by atoms with Crippen molar-refractivity contribution in [2.75, 3.05) is 13.2 Å². The lowest BCUT2D eigenvalue weighted by atomic mass is 9.69. The number of ether oxygens (including phenoxy) is 1. The molecule has 1 aromatic carbocycles. The fraction of sp³-hybridized carbons (Fsp3) is 0.647. The Labute approximate surface area is 124 Å². The molecule has 116 valence electrons. The first kappa shape index (κ1) is 14.9. The Balaban J connectivity index is 1.81. The predicted molar refractivity (Wildman–Crippen MR) is 78.0 cm³/mol. The summed E-state index contributed by atoms with van der Waals surface area (Å²) in [7, 11) is 0. The summed E-state index contributed by atoms with van der Waals surface area (Å²) in [4.78, 5) is 0. The van der Waals surface area contributed by atoms with Gasteiger partial charge in [-0.3, -0.25) is 0 Å². The molecule has 1 aliphatic heterocycles. The van der Waals surface area contributed by atoms with Crippen LogP contribution in [-0.4, -0.2) is 18.8 Å². The number of nitrogens with one attached hydrogen (secondary N) is 1. The highest BCUT2D eigenvalue weighted by Gasteiger charge is 2.44. The monoisotopic (exact) mass is 295 g/mol. The van der Waals surface area contributed by atoms with E-state index in [1.165, 1.54) is 18.6 Å². The molecule has 21 heavy (non-hydrogen) atoms. The molecule has 1 spiro atoms. The van der Waals surface area contributed by atoms with Crippen LogP contribution in [0.5, 0.6) is 0 Å². The average Bonchev–Trinajstić information content (AvgIpc) is 2.46. The zero-order chi connectivity index (χ0) is 14.9. The van der Waals surface area contributed by atoms with E-state index in [4.69, 9.17) is 4.74 Å². The summed E-state index contributed by atoms with van der Waals surface area (Å²) in [5, 5.41) is 3.46. The first-order valence-electron chi connectivity index (χ1n) is 7.96. The molecule has 2 unspecified atom stereocenters. The van der Waals surface area contributed by atoms with Crippen molar-refractivity contribution in [3.05, 3.63) is 35.4 Å². The lowest BCUT2D eigenvalue weighted by molar-refractivity contribution is -0.147. The molecule has 1 heterocycles. The molecule has 2 nitrogen and oxygen atoms in total. The molecule has 2 aliphatic rings. The molecular weight excluding hydrogens is 272 g/mol. The van der Waals surface area contributed by atoms with Crippen molar-refractivity contribution in [1.29, 1.82) is 0 Å². The fourth-order valence-corrected chi connectivity index (χ4v) is 3.75. The van der Waals surface area contributed by atoms with Gasteiger partial charge in [0.25, 0.3) is 0 Å². The highest BCUT2D eigenvalue weighted by molar-refractivity contribution is 5.22. The molecule has 2 fully saturated rings. The molecule has 3 rings (SSSR count). The zero-order valence-corrected chi connectivity index (χ0v) is 12.5. The van der Waals surface area contributed by atoms with Gasteiger partial charge in [-0.05, 0) is 62.3 Å². The van der Waals surface area contributed by atoms with Gasteiger partial charge in [0.15, 0.2) is 11.6 Å². The molecule has 1 aromatic rings. The third-order valence-electron chi connectivity index (χ3n) is 4.99. The second-order valence-electron chi connectivity index (χ2n) is 6.35. The van der Waals surface area contributed by atoms with Crippen LogP contribution in [-0.2, 0) is 4.74 Å². The quantitative estimate of drug-likeness (QED) is 0.907. The first-order valence-corrected chi connectivity index (χ1v) is 7.96. The lowest BCUT2D eigenvalue weighted by Crippen LogP contribution is -2.48.